The van der Waals surface area contributed by atoms with Gasteiger partial charge in [0.15, 0.2) is 5.78 Å². The van der Waals surface area contributed by atoms with Crippen molar-refractivity contribution in [3.05, 3.63) is 57.3 Å². The topological polar surface area (TPSA) is 64.4 Å². The first-order valence-corrected chi connectivity index (χ1v) is 10.3. The lowest BCUT2D eigenvalue weighted by atomic mass is 9.84. The molecule has 0 radical (unpaired) electrons. The summed E-state index contributed by atoms with van der Waals surface area (Å²) >= 11 is 3.46. The minimum absolute atomic E-state index is 0.0972. The monoisotopic (exact) mass is 453 g/mol. The summed E-state index contributed by atoms with van der Waals surface area (Å²) in [4.78, 5) is 27.5. The number of aromatic nitrogens is 2. The molecule has 1 aliphatic carbocycles. The summed E-state index contributed by atoms with van der Waals surface area (Å²) in [7, 11) is 0. The Labute approximate surface area is 177 Å². The van der Waals surface area contributed by atoms with Crippen molar-refractivity contribution >= 4 is 33.5 Å². The number of Topliss-reactive ketones (excluding diaryl/α,β-unsaturated/α-hetero) is 1. The van der Waals surface area contributed by atoms with Gasteiger partial charge in [-0.3, -0.25) is 4.79 Å². The molecule has 1 atom stereocenters. The van der Waals surface area contributed by atoms with Crippen molar-refractivity contribution in [3.63, 3.8) is 0 Å². The fourth-order valence-corrected chi connectivity index (χ4v) is 4.33. The second-order valence-corrected chi connectivity index (χ2v) is 7.84. The van der Waals surface area contributed by atoms with E-state index in [0.717, 1.165) is 28.6 Å². The van der Waals surface area contributed by atoms with E-state index in [1.54, 1.807) is 11.6 Å². The van der Waals surface area contributed by atoms with Crippen LogP contribution in [0.15, 0.2) is 46.2 Å². The second kappa shape index (κ2) is 7.88. The predicted octanol–water partition coefficient (Wildman–Crippen LogP) is 3.87. The Morgan fingerprint density at radius 3 is 2.79 bits per heavy atom. The third kappa shape index (κ3) is 3.28. The molecule has 148 valence electrons. The average Bonchev–Trinajstić information content (AvgIpc) is 3.15. The number of carbonyl (C=O) groups excluding carboxylic acids is 2. The number of hydrogen-bond donors (Lipinski definition) is 0. The van der Waals surface area contributed by atoms with Crippen LogP contribution in [0.5, 0.6) is 0 Å². The summed E-state index contributed by atoms with van der Waals surface area (Å²) < 4.78 is 7.91. The van der Waals surface area contributed by atoms with Crippen LogP contribution in [-0.2, 0) is 9.53 Å². The van der Waals surface area contributed by atoms with E-state index in [1.165, 1.54) is 6.20 Å². The third-order valence-corrected chi connectivity index (χ3v) is 5.76. The first-order valence-electron chi connectivity index (χ1n) is 9.54. The Morgan fingerprint density at radius 2 is 2.10 bits per heavy atom. The van der Waals surface area contributed by atoms with Crippen molar-refractivity contribution in [3.8, 4) is 12.3 Å². The van der Waals surface area contributed by atoms with Gasteiger partial charge >= 0.3 is 5.97 Å². The maximum atomic E-state index is 13.0. The standard InChI is InChI=1S/C22H20BrN3O3/c1-3-12-25-17-6-5-7-18(27)19(17)20(14-8-10-15(23)11-9-14)26-21(25)16(13-24-26)22(28)29-4-2/h1,8-11,13,20H,4-7,12H2,2H3. The summed E-state index contributed by atoms with van der Waals surface area (Å²) in [6.45, 7) is 2.27. The van der Waals surface area contributed by atoms with Crippen molar-refractivity contribution in [1.29, 1.82) is 0 Å². The van der Waals surface area contributed by atoms with Crippen molar-refractivity contribution in [2.75, 3.05) is 18.1 Å². The maximum Gasteiger partial charge on any atom is 0.343 e. The van der Waals surface area contributed by atoms with Gasteiger partial charge < -0.3 is 9.64 Å². The fraction of sp³-hybridized carbons (Fsp3) is 0.318. The van der Waals surface area contributed by atoms with Crippen molar-refractivity contribution < 1.29 is 14.3 Å². The Bertz CT molecular complexity index is 1050. The van der Waals surface area contributed by atoms with Gasteiger partial charge in [0.1, 0.15) is 17.4 Å². The van der Waals surface area contributed by atoms with E-state index in [0.29, 0.717) is 23.4 Å². The van der Waals surface area contributed by atoms with E-state index < -0.39 is 12.0 Å². The molecule has 2 aliphatic rings. The molecule has 6 nitrogen and oxygen atoms in total. The molecule has 1 unspecified atom stereocenters. The van der Waals surface area contributed by atoms with E-state index in [1.807, 2.05) is 29.2 Å². The summed E-state index contributed by atoms with van der Waals surface area (Å²) in [6.07, 6.45) is 9.13. The van der Waals surface area contributed by atoms with E-state index in [9.17, 15) is 9.59 Å². The van der Waals surface area contributed by atoms with Gasteiger partial charge in [-0.25, -0.2) is 9.48 Å². The number of rotatable bonds is 4. The fourth-order valence-electron chi connectivity index (χ4n) is 4.07. The van der Waals surface area contributed by atoms with Gasteiger partial charge in [0.25, 0.3) is 0 Å². The zero-order chi connectivity index (χ0) is 20.5. The molecule has 0 saturated carbocycles. The van der Waals surface area contributed by atoms with Crippen molar-refractivity contribution in [1.82, 2.24) is 9.78 Å². The van der Waals surface area contributed by atoms with Gasteiger partial charge in [-0.05, 0) is 37.5 Å². The molecule has 7 heteroatoms. The summed E-state index contributed by atoms with van der Waals surface area (Å²) in [5.41, 5.74) is 2.87. The van der Waals surface area contributed by atoms with Gasteiger partial charge in [0.2, 0.25) is 0 Å². The first kappa shape index (κ1) is 19.5. The second-order valence-electron chi connectivity index (χ2n) is 6.93. The van der Waals surface area contributed by atoms with Gasteiger partial charge in [-0.2, -0.15) is 5.10 Å². The van der Waals surface area contributed by atoms with Crippen LogP contribution in [0.1, 0.15) is 48.1 Å². The molecule has 1 aromatic heterocycles. The van der Waals surface area contributed by atoms with Crippen LogP contribution in [0.25, 0.3) is 0 Å². The zero-order valence-corrected chi connectivity index (χ0v) is 17.6. The highest BCUT2D eigenvalue weighted by molar-refractivity contribution is 9.10. The number of esters is 1. The van der Waals surface area contributed by atoms with Crippen LogP contribution in [0, 0.1) is 12.3 Å². The Kier molecular flexibility index (Phi) is 5.29. The number of allylic oxidation sites excluding steroid dienone is 2. The number of ether oxygens (including phenoxy) is 1. The van der Waals surface area contributed by atoms with Crippen LogP contribution in [0.2, 0.25) is 0 Å². The van der Waals surface area contributed by atoms with Crippen LogP contribution >= 0.6 is 15.9 Å². The lowest BCUT2D eigenvalue weighted by molar-refractivity contribution is -0.116. The van der Waals surface area contributed by atoms with Crippen molar-refractivity contribution in [2.24, 2.45) is 0 Å². The molecule has 0 saturated heterocycles. The summed E-state index contributed by atoms with van der Waals surface area (Å²) in [5.74, 6) is 2.89. The number of halogens is 1. The molecule has 1 aliphatic heterocycles. The highest BCUT2D eigenvalue weighted by atomic mass is 79.9. The summed E-state index contributed by atoms with van der Waals surface area (Å²) in [6, 6.07) is 7.40. The number of carbonyl (C=O) groups is 2. The van der Waals surface area contributed by atoms with Crippen LogP contribution in [-0.4, -0.2) is 34.7 Å². The molecular weight excluding hydrogens is 434 g/mol. The quantitative estimate of drug-likeness (QED) is 0.519. The molecule has 2 heterocycles. The van der Waals surface area contributed by atoms with E-state index in [4.69, 9.17) is 11.2 Å². The van der Waals surface area contributed by atoms with Crippen LogP contribution in [0.4, 0.5) is 5.82 Å². The smallest absolute Gasteiger partial charge is 0.343 e. The maximum absolute atomic E-state index is 13.0. The number of benzene rings is 1. The van der Waals surface area contributed by atoms with Crippen LogP contribution in [0.3, 0.4) is 0 Å². The molecular formula is C22H20BrN3O3. The van der Waals surface area contributed by atoms with E-state index >= 15 is 0 Å². The largest absolute Gasteiger partial charge is 0.462 e. The average molecular weight is 454 g/mol. The molecule has 0 spiro atoms. The summed E-state index contributed by atoms with van der Waals surface area (Å²) in [5, 5.41) is 4.51. The number of hydrogen-bond acceptors (Lipinski definition) is 5. The van der Waals surface area contributed by atoms with Crippen molar-refractivity contribution in [2.45, 2.75) is 32.2 Å². The number of anilines is 1. The number of ketones is 1. The minimum Gasteiger partial charge on any atom is -0.462 e. The Balaban J connectivity index is 1.96. The lowest BCUT2D eigenvalue weighted by Crippen LogP contribution is -2.39. The highest BCUT2D eigenvalue weighted by Crippen LogP contribution is 2.45. The van der Waals surface area contributed by atoms with E-state index in [-0.39, 0.29) is 18.9 Å². The first-order chi connectivity index (χ1) is 14.1. The van der Waals surface area contributed by atoms with Crippen LogP contribution < -0.4 is 4.90 Å². The normalized spacial score (nSPS) is 18.2. The zero-order valence-electron chi connectivity index (χ0n) is 16.0. The Hall–Kier alpha value is -2.85. The van der Waals surface area contributed by atoms with Gasteiger partial charge in [-0.15, -0.1) is 6.42 Å². The van der Waals surface area contributed by atoms with Gasteiger partial charge in [-0.1, -0.05) is 34.0 Å². The molecule has 0 fully saturated rings. The van der Waals surface area contributed by atoms with Gasteiger partial charge in [0.05, 0.1) is 19.3 Å². The number of terminal acetylenes is 1. The Morgan fingerprint density at radius 1 is 1.34 bits per heavy atom. The molecule has 0 amide bonds. The minimum atomic E-state index is -0.448. The molecule has 2 aromatic rings. The highest BCUT2D eigenvalue weighted by Gasteiger charge is 2.41. The molecule has 29 heavy (non-hydrogen) atoms. The molecule has 4 rings (SSSR count). The SMILES string of the molecule is C#CCN1C2=C(C(=O)CCC2)C(c2ccc(Br)cc2)n2ncc(C(=O)OCC)c21. The lowest BCUT2D eigenvalue weighted by Gasteiger charge is -2.39. The molecule has 0 bridgehead atoms. The van der Waals surface area contributed by atoms with Gasteiger partial charge in [0, 0.05) is 22.2 Å². The van der Waals surface area contributed by atoms with E-state index in [2.05, 4.69) is 26.9 Å². The third-order valence-electron chi connectivity index (χ3n) is 5.23. The predicted molar refractivity (Wildman–Crippen MR) is 113 cm³/mol. The number of nitrogens with zero attached hydrogens (tertiary/aromatic N) is 3. The molecule has 0 N–H and O–H groups in total. The molecule has 1 aromatic carbocycles. The number of fused-ring (bicyclic) bond motifs is 1.